The van der Waals surface area contributed by atoms with E-state index in [0.717, 1.165) is 28.5 Å². The van der Waals surface area contributed by atoms with Crippen LogP contribution in [0.25, 0.3) is 10.9 Å². The second-order valence-electron chi connectivity index (χ2n) is 7.85. The van der Waals surface area contributed by atoms with E-state index >= 15 is 0 Å². The van der Waals surface area contributed by atoms with Crippen LogP contribution in [0.4, 0.5) is 0 Å². The van der Waals surface area contributed by atoms with E-state index in [0.29, 0.717) is 6.54 Å². The number of nitrogens with one attached hydrogen (secondary N) is 2. The van der Waals surface area contributed by atoms with Gasteiger partial charge in [0.2, 0.25) is 5.91 Å². The zero-order valence-corrected chi connectivity index (χ0v) is 15.9. The van der Waals surface area contributed by atoms with Crippen molar-refractivity contribution in [1.29, 1.82) is 0 Å². The molecule has 0 bridgehead atoms. The second kappa shape index (κ2) is 6.18. The summed E-state index contributed by atoms with van der Waals surface area (Å²) in [5.41, 5.74) is 3.76. The average molecular weight is 342 g/mol. The van der Waals surface area contributed by atoms with Crippen molar-refractivity contribution in [3.8, 4) is 0 Å². The number of aromatic nitrogens is 1. The summed E-state index contributed by atoms with van der Waals surface area (Å²) < 4.78 is 12.3. The molecular formula is C19H27BN2O3. The molecule has 1 fully saturated rings. The fourth-order valence-electron chi connectivity index (χ4n) is 3.21. The molecule has 0 aliphatic carbocycles. The molecule has 0 atom stereocenters. The second-order valence-corrected chi connectivity index (χ2v) is 7.85. The maximum atomic E-state index is 11.1. The first-order valence-corrected chi connectivity index (χ1v) is 8.82. The Hall–Kier alpha value is -1.79. The molecule has 0 saturated carbocycles. The molecule has 3 rings (SSSR count). The van der Waals surface area contributed by atoms with Crippen LogP contribution in [0.2, 0.25) is 0 Å². The van der Waals surface area contributed by atoms with Gasteiger partial charge < -0.3 is 19.6 Å². The van der Waals surface area contributed by atoms with Crippen LogP contribution in [-0.2, 0) is 20.5 Å². The quantitative estimate of drug-likeness (QED) is 0.839. The maximum Gasteiger partial charge on any atom is 0.494 e. The van der Waals surface area contributed by atoms with Crippen molar-refractivity contribution < 1.29 is 14.1 Å². The van der Waals surface area contributed by atoms with Gasteiger partial charge in [0.05, 0.1) is 11.2 Å². The zero-order chi connectivity index (χ0) is 18.4. The number of carbonyl (C=O) groups excluding carboxylic acids is 1. The summed E-state index contributed by atoms with van der Waals surface area (Å²) >= 11 is 0. The van der Waals surface area contributed by atoms with E-state index in [9.17, 15) is 4.79 Å². The Labute approximate surface area is 149 Å². The lowest BCUT2D eigenvalue weighted by Gasteiger charge is -2.32. The highest BCUT2D eigenvalue weighted by Gasteiger charge is 2.51. The van der Waals surface area contributed by atoms with E-state index in [1.165, 1.54) is 5.56 Å². The molecule has 1 aliphatic rings. The third-order valence-electron chi connectivity index (χ3n) is 5.42. The summed E-state index contributed by atoms with van der Waals surface area (Å²) in [5, 5.41) is 4.03. The molecule has 1 aliphatic heterocycles. The lowest BCUT2D eigenvalue weighted by Crippen LogP contribution is -2.41. The molecule has 25 heavy (non-hydrogen) atoms. The van der Waals surface area contributed by atoms with Crippen LogP contribution < -0.4 is 10.8 Å². The molecule has 1 aromatic carbocycles. The number of hydrogen-bond acceptors (Lipinski definition) is 3. The van der Waals surface area contributed by atoms with E-state index in [1.54, 1.807) is 6.92 Å². The minimum absolute atomic E-state index is 0.00426. The fraction of sp³-hybridized carbons (Fsp3) is 0.526. The number of rotatable bonds is 4. The van der Waals surface area contributed by atoms with E-state index in [1.807, 2.05) is 0 Å². The third-order valence-corrected chi connectivity index (χ3v) is 5.42. The van der Waals surface area contributed by atoms with Crippen molar-refractivity contribution in [2.24, 2.45) is 0 Å². The Bertz CT molecular complexity index is 794. The van der Waals surface area contributed by atoms with Gasteiger partial charge in [-0.2, -0.15) is 0 Å². The van der Waals surface area contributed by atoms with Gasteiger partial charge in [0.15, 0.2) is 0 Å². The van der Waals surface area contributed by atoms with Gasteiger partial charge in [0.1, 0.15) is 0 Å². The van der Waals surface area contributed by atoms with Gasteiger partial charge in [0.25, 0.3) is 0 Å². The minimum atomic E-state index is -0.368. The molecule has 2 aromatic rings. The van der Waals surface area contributed by atoms with E-state index < -0.39 is 0 Å². The number of benzene rings is 1. The number of aryl methyl sites for hydroxylation is 1. The first kappa shape index (κ1) is 18.0. The number of aromatic amines is 1. The molecule has 2 N–H and O–H groups in total. The van der Waals surface area contributed by atoms with Gasteiger partial charge in [0, 0.05) is 30.1 Å². The maximum absolute atomic E-state index is 11.1. The number of carbonyl (C=O) groups is 1. The highest BCUT2D eigenvalue weighted by Crippen LogP contribution is 2.36. The van der Waals surface area contributed by atoms with Gasteiger partial charge in [-0.3, -0.25) is 4.79 Å². The van der Waals surface area contributed by atoms with E-state index in [4.69, 9.17) is 9.31 Å². The number of hydrogen-bond donors (Lipinski definition) is 2. The Balaban J connectivity index is 1.90. The lowest BCUT2D eigenvalue weighted by molar-refractivity contribution is -0.118. The molecule has 0 spiro atoms. The van der Waals surface area contributed by atoms with Crippen molar-refractivity contribution in [2.45, 2.75) is 59.2 Å². The Morgan fingerprint density at radius 2 is 1.84 bits per heavy atom. The molecular weight excluding hydrogens is 315 g/mol. The molecule has 2 heterocycles. The summed E-state index contributed by atoms with van der Waals surface area (Å²) in [4.78, 5) is 14.5. The van der Waals surface area contributed by atoms with Gasteiger partial charge in [-0.15, -0.1) is 0 Å². The zero-order valence-electron chi connectivity index (χ0n) is 15.9. The van der Waals surface area contributed by atoms with Crippen molar-refractivity contribution in [2.75, 3.05) is 6.54 Å². The predicted octanol–water partition coefficient (Wildman–Crippen LogP) is 2.45. The molecule has 1 amide bonds. The first-order valence-electron chi connectivity index (χ1n) is 8.82. The topological polar surface area (TPSA) is 63.4 Å². The predicted molar refractivity (Wildman–Crippen MR) is 101 cm³/mol. The fourth-order valence-corrected chi connectivity index (χ4v) is 3.21. The summed E-state index contributed by atoms with van der Waals surface area (Å²) in [6, 6.07) is 6.27. The normalized spacial score (nSPS) is 18.7. The van der Waals surface area contributed by atoms with Gasteiger partial charge in [-0.25, -0.2) is 0 Å². The van der Waals surface area contributed by atoms with Gasteiger partial charge >= 0.3 is 7.12 Å². The van der Waals surface area contributed by atoms with Crippen LogP contribution in [0.15, 0.2) is 18.2 Å². The summed E-state index contributed by atoms with van der Waals surface area (Å²) in [5.74, 6) is -0.00426. The summed E-state index contributed by atoms with van der Waals surface area (Å²) in [6.07, 6.45) is 0.790. The standard InChI is InChI=1S/C19H27BN2O3/c1-12-15(9-10-21-13(2)23)16-11-14(7-8-17(16)22-12)20-24-18(3,4)19(5,6)25-20/h7-8,11,22H,9-10H2,1-6H3,(H,21,23). The van der Waals surface area contributed by atoms with Crippen molar-refractivity contribution in [1.82, 2.24) is 10.3 Å². The average Bonchev–Trinajstić information content (AvgIpc) is 2.91. The van der Waals surface area contributed by atoms with Crippen LogP contribution in [0, 0.1) is 6.92 Å². The van der Waals surface area contributed by atoms with Gasteiger partial charge in [-0.1, -0.05) is 12.1 Å². The molecule has 1 aromatic heterocycles. The van der Waals surface area contributed by atoms with E-state index in [2.05, 4.69) is 63.1 Å². The highest BCUT2D eigenvalue weighted by molar-refractivity contribution is 6.62. The van der Waals surface area contributed by atoms with Crippen molar-refractivity contribution in [3.05, 3.63) is 29.5 Å². The number of H-pyrrole nitrogens is 1. The molecule has 1 saturated heterocycles. The van der Waals surface area contributed by atoms with Crippen molar-refractivity contribution in [3.63, 3.8) is 0 Å². The van der Waals surface area contributed by atoms with E-state index in [-0.39, 0.29) is 24.2 Å². The largest absolute Gasteiger partial charge is 0.494 e. The Kier molecular flexibility index (Phi) is 4.46. The monoisotopic (exact) mass is 342 g/mol. The Morgan fingerprint density at radius 1 is 1.20 bits per heavy atom. The van der Waals surface area contributed by atoms with Crippen molar-refractivity contribution >= 4 is 29.4 Å². The van der Waals surface area contributed by atoms with Crippen LogP contribution in [-0.4, -0.2) is 35.8 Å². The molecule has 6 heteroatoms. The first-order chi connectivity index (χ1) is 11.6. The van der Waals surface area contributed by atoms with Gasteiger partial charge in [-0.05, 0) is 58.1 Å². The van der Waals surface area contributed by atoms with Crippen LogP contribution >= 0.6 is 0 Å². The minimum Gasteiger partial charge on any atom is -0.399 e. The molecule has 0 unspecified atom stereocenters. The highest BCUT2D eigenvalue weighted by atomic mass is 16.7. The summed E-state index contributed by atoms with van der Waals surface area (Å²) in [7, 11) is -0.368. The molecule has 5 nitrogen and oxygen atoms in total. The lowest BCUT2D eigenvalue weighted by atomic mass is 9.78. The van der Waals surface area contributed by atoms with Crippen LogP contribution in [0.5, 0.6) is 0 Å². The molecule has 0 radical (unpaired) electrons. The smallest absolute Gasteiger partial charge is 0.399 e. The SMILES string of the molecule is CC(=O)NCCc1c(C)[nH]c2ccc(B3OC(C)(C)C(C)(C)O3)cc12. The molecule has 134 valence electrons. The summed E-state index contributed by atoms with van der Waals surface area (Å²) in [6.45, 7) is 12.5. The number of fused-ring (bicyclic) bond motifs is 1. The number of amides is 1. The van der Waals surface area contributed by atoms with Crippen LogP contribution in [0.1, 0.15) is 45.9 Å². The van der Waals surface area contributed by atoms with Crippen LogP contribution in [0.3, 0.4) is 0 Å². The third kappa shape index (κ3) is 3.33. The Morgan fingerprint density at radius 3 is 2.44 bits per heavy atom.